The van der Waals surface area contributed by atoms with Gasteiger partial charge in [-0.25, -0.2) is 0 Å². The maximum absolute atomic E-state index is 11.4. The molecule has 0 aliphatic carbocycles. The van der Waals surface area contributed by atoms with Crippen LogP contribution in [0.5, 0.6) is 0 Å². The standard InChI is InChI=1S/C11H16N2O2/c1-8(2)10(12)11(14)15-7-9-3-5-13-6-4-9/h3-6,8,10H,7,12H2,1-2H3/t10-/m0/s1. The van der Waals surface area contributed by atoms with Gasteiger partial charge in [-0.2, -0.15) is 0 Å². The van der Waals surface area contributed by atoms with Gasteiger partial charge in [0, 0.05) is 12.4 Å². The lowest BCUT2D eigenvalue weighted by Crippen LogP contribution is -2.36. The molecule has 82 valence electrons. The van der Waals surface area contributed by atoms with Gasteiger partial charge < -0.3 is 10.5 Å². The van der Waals surface area contributed by atoms with Gasteiger partial charge in [-0.3, -0.25) is 9.78 Å². The van der Waals surface area contributed by atoms with E-state index in [1.165, 1.54) is 0 Å². The molecule has 0 amide bonds. The van der Waals surface area contributed by atoms with Gasteiger partial charge in [0.05, 0.1) is 0 Å². The second-order valence-corrected chi connectivity index (χ2v) is 3.73. The van der Waals surface area contributed by atoms with Crippen molar-refractivity contribution in [3.05, 3.63) is 30.1 Å². The fourth-order valence-electron chi connectivity index (χ4n) is 1.00. The number of nitrogens with zero attached hydrogens (tertiary/aromatic N) is 1. The first-order valence-corrected chi connectivity index (χ1v) is 4.92. The van der Waals surface area contributed by atoms with Crippen LogP contribution in [0.15, 0.2) is 24.5 Å². The highest BCUT2D eigenvalue weighted by atomic mass is 16.5. The lowest BCUT2D eigenvalue weighted by Gasteiger charge is -2.14. The summed E-state index contributed by atoms with van der Waals surface area (Å²) in [5.41, 5.74) is 6.55. The normalized spacial score (nSPS) is 12.5. The Morgan fingerprint density at radius 2 is 2.07 bits per heavy atom. The van der Waals surface area contributed by atoms with Crippen molar-refractivity contribution in [2.45, 2.75) is 26.5 Å². The highest BCUT2D eigenvalue weighted by molar-refractivity contribution is 5.75. The zero-order valence-corrected chi connectivity index (χ0v) is 9.01. The van der Waals surface area contributed by atoms with E-state index in [2.05, 4.69) is 4.98 Å². The monoisotopic (exact) mass is 208 g/mol. The molecule has 0 saturated carbocycles. The molecule has 1 heterocycles. The van der Waals surface area contributed by atoms with E-state index in [-0.39, 0.29) is 18.5 Å². The molecule has 0 unspecified atom stereocenters. The Morgan fingerprint density at radius 1 is 1.47 bits per heavy atom. The molecule has 0 saturated heterocycles. The van der Waals surface area contributed by atoms with Crippen molar-refractivity contribution in [3.8, 4) is 0 Å². The quantitative estimate of drug-likeness (QED) is 0.753. The van der Waals surface area contributed by atoms with Gasteiger partial charge in [0.25, 0.3) is 0 Å². The topological polar surface area (TPSA) is 65.2 Å². The molecule has 1 atom stereocenters. The number of nitrogens with two attached hydrogens (primary N) is 1. The number of carbonyl (C=O) groups is 1. The number of ether oxygens (including phenoxy) is 1. The SMILES string of the molecule is CC(C)[C@H](N)C(=O)OCc1ccncc1. The van der Waals surface area contributed by atoms with Crippen LogP contribution in [0.25, 0.3) is 0 Å². The van der Waals surface area contributed by atoms with Crippen LogP contribution in [0, 0.1) is 5.92 Å². The fraction of sp³-hybridized carbons (Fsp3) is 0.455. The van der Waals surface area contributed by atoms with Crippen molar-refractivity contribution in [1.82, 2.24) is 4.98 Å². The predicted octanol–water partition coefficient (Wildman–Crippen LogP) is 1.11. The summed E-state index contributed by atoms with van der Waals surface area (Å²) in [7, 11) is 0. The van der Waals surface area contributed by atoms with Gasteiger partial charge in [-0.1, -0.05) is 13.8 Å². The summed E-state index contributed by atoms with van der Waals surface area (Å²) < 4.78 is 5.06. The number of carbonyl (C=O) groups excluding carboxylic acids is 1. The molecule has 4 heteroatoms. The summed E-state index contributed by atoms with van der Waals surface area (Å²) in [5.74, 6) is -0.267. The number of hydrogen-bond acceptors (Lipinski definition) is 4. The van der Waals surface area contributed by atoms with Gasteiger partial charge in [0.2, 0.25) is 0 Å². The van der Waals surface area contributed by atoms with Crippen molar-refractivity contribution >= 4 is 5.97 Å². The molecular formula is C11H16N2O2. The summed E-state index contributed by atoms with van der Waals surface area (Å²) in [4.78, 5) is 15.3. The van der Waals surface area contributed by atoms with Crippen molar-refractivity contribution < 1.29 is 9.53 Å². The van der Waals surface area contributed by atoms with Crippen LogP contribution >= 0.6 is 0 Å². The van der Waals surface area contributed by atoms with Crippen molar-refractivity contribution in [3.63, 3.8) is 0 Å². The molecule has 1 aromatic rings. The summed E-state index contributed by atoms with van der Waals surface area (Å²) in [5, 5.41) is 0. The van der Waals surface area contributed by atoms with E-state index < -0.39 is 6.04 Å². The van der Waals surface area contributed by atoms with Gasteiger partial charge in [0.1, 0.15) is 12.6 Å². The van der Waals surface area contributed by atoms with E-state index in [4.69, 9.17) is 10.5 Å². The lowest BCUT2D eigenvalue weighted by molar-refractivity contribution is -0.147. The Balaban J connectivity index is 2.41. The second-order valence-electron chi connectivity index (χ2n) is 3.73. The highest BCUT2D eigenvalue weighted by Gasteiger charge is 2.18. The molecule has 0 aromatic carbocycles. The molecule has 0 aliphatic rings. The van der Waals surface area contributed by atoms with E-state index in [1.807, 2.05) is 13.8 Å². The fourth-order valence-corrected chi connectivity index (χ4v) is 1.00. The van der Waals surface area contributed by atoms with E-state index in [0.29, 0.717) is 0 Å². The van der Waals surface area contributed by atoms with Crippen molar-refractivity contribution in [2.24, 2.45) is 11.7 Å². The van der Waals surface area contributed by atoms with Crippen LogP contribution in [0.3, 0.4) is 0 Å². The Labute approximate surface area is 89.5 Å². The van der Waals surface area contributed by atoms with Crippen LogP contribution in [-0.2, 0) is 16.1 Å². The van der Waals surface area contributed by atoms with Crippen molar-refractivity contribution in [2.75, 3.05) is 0 Å². The first-order chi connectivity index (χ1) is 7.11. The maximum Gasteiger partial charge on any atom is 0.323 e. The molecule has 0 radical (unpaired) electrons. The summed E-state index contributed by atoms with van der Waals surface area (Å²) in [6.45, 7) is 4.03. The minimum absolute atomic E-state index is 0.0925. The Kier molecular flexibility index (Phi) is 4.24. The number of pyridine rings is 1. The molecule has 2 N–H and O–H groups in total. The molecular weight excluding hydrogens is 192 g/mol. The lowest BCUT2D eigenvalue weighted by atomic mass is 10.1. The van der Waals surface area contributed by atoms with Crippen molar-refractivity contribution in [1.29, 1.82) is 0 Å². The second kappa shape index (κ2) is 5.46. The van der Waals surface area contributed by atoms with E-state index >= 15 is 0 Å². The third kappa shape index (κ3) is 3.67. The van der Waals surface area contributed by atoms with E-state index in [9.17, 15) is 4.79 Å². The Bertz CT molecular complexity index is 312. The van der Waals surface area contributed by atoms with Gasteiger partial charge in [-0.15, -0.1) is 0 Å². The highest BCUT2D eigenvalue weighted by Crippen LogP contribution is 2.04. The van der Waals surface area contributed by atoms with Crippen LogP contribution in [0.2, 0.25) is 0 Å². The molecule has 0 spiro atoms. The first kappa shape index (κ1) is 11.7. The van der Waals surface area contributed by atoms with E-state index in [0.717, 1.165) is 5.56 Å². The maximum atomic E-state index is 11.4. The minimum atomic E-state index is -0.549. The molecule has 1 aromatic heterocycles. The zero-order chi connectivity index (χ0) is 11.3. The molecule has 0 bridgehead atoms. The molecule has 0 aliphatic heterocycles. The molecule has 15 heavy (non-hydrogen) atoms. The van der Waals surface area contributed by atoms with Gasteiger partial charge in [-0.05, 0) is 23.6 Å². The minimum Gasteiger partial charge on any atom is -0.460 e. The van der Waals surface area contributed by atoms with Crippen LogP contribution in [-0.4, -0.2) is 17.0 Å². The number of esters is 1. The number of rotatable bonds is 4. The zero-order valence-electron chi connectivity index (χ0n) is 9.01. The molecule has 0 fully saturated rings. The number of hydrogen-bond donors (Lipinski definition) is 1. The summed E-state index contributed by atoms with van der Waals surface area (Å²) in [6, 6.07) is 3.05. The van der Waals surface area contributed by atoms with Crippen LogP contribution in [0.1, 0.15) is 19.4 Å². The largest absolute Gasteiger partial charge is 0.460 e. The number of aromatic nitrogens is 1. The predicted molar refractivity (Wildman–Crippen MR) is 56.8 cm³/mol. The smallest absolute Gasteiger partial charge is 0.323 e. The third-order valence-corrected chi connectivity index (χ3v) is 2.12. The summed E-state index contributed by atoms with van der Waals surface area (Å²) in [6.07, 6.45) is 3.32. The Hall–Kier alpha value is -1.42. The summed E-state index contributed by atoms with van der Waals surface area (Å²) >= 11 is 0. The average molecular weight is 208 g/mol. The average Bonchev–Trinajstić information content (AvgIpc) is 2.26. The first-order valence-electron chi connectivity index (χ1n) is 4.92. The van der Waals surface area contributed by atoms with Gasteiger partial charge >= 0.3 is 5.97 Å². The Morgan fingerprint density at radius 3 is 2.60 bits per heavy atom. The molecule has 4 nitrogen and oxygen atoms in total. The third-order valence-electron chi connectivity index (χ3n) is 2.12. The van der Waals surface area contributed by atoms with Crippen LogP contribution in [0.4, 0.5) is 0 Å². The molecule has 1 rings (SSSR count). The van der Waals surface area contributed by atoms with E-state index in [1.54, 1.807) is 24.5 Å². The van der Waals surface area contributed by atoms with Gasteiger partial charge in [0.15, 0.2) is 0 Å². The van der Waals surface area contributed by atoms with Crippen LogP contribution < -0.4 is 5.73 Å².